The van der Waals surface area contributed by atoms with Gasteiger partial charge in [-0.05, 0) is 18.6 Å². The number of nitrogens with zero attached hydrogens (tertiary/aromatic N) is 2. The molecule has 0 unspecified atom stereocenters. The molecule has 0 radical (unpaired) electrons. The fourth-order valence-electron chi connectivity index (χ4n) is 1.28. The van der Waals surface area contributed by atoms with Crippen molar-refractivity contribution in [3.8, 4) is 0 Å². The van der Waals surface area contributed by atoms with Crippen molar-refractivity contribution < 1.29 is 4.79 Å². The first-order valence-corrected chi connectivity index (χ1v) is 7.26. The summed E-state index contributed by atoms with van der Waals surface area (Å²) in [5.74, 6) is 2.32. The van der Waals surface area contributed by atoms with Gasteiger partial charge in [-0.2, -0.15) is 0 Å². The van der Waals surface area contributed by atoms with E-state index in [1.165, 1.54) is 0 Å². The lowest BCUT2D eigenvalue weighted by Gasteiger charge is -2.10. The van der Waals surface area contributed by atoms with E-state index in [0.717, 1.165) is 30.2 Å². The number of nitrogens with one attached hydrogen (secondary N) is 1. The maximum atomic E-state index is 11.4. The van der Waals surface area contributed by atoms with Crippen LogP contribution in [0.2, 0.25) is 0 Å². The fraction of sp³-hybridized carbons (Fsp3) is 0.538. The van der Waals surface area contributed by atoms with Crippen LogP contribution in [-0.4, -0.2) is 42.2 Å². The molecule has 0 bridgehead atoms. The standard InChI is InChI=1S/C13H21N3OS/c1-4-8-14-12-7-5-6-11(15-12)9-18-10-13(17)16(2)3/h5-7H,4,8-10H2,1-3H3,(H,14,15). The normalized spacial score (nSPS) is 10.2. The summed E-state index contributed by atoms with van der Waals surface area (Å²) in [5, 5.41) is 3.26. The van der Waals surface area contributed by atoms with Crippen LogP contribution in [0.1, 0.15) is 19.0 Å². The highest BCUT2D eigenvalue weighted by Crippen LogP contribution is 2.13. The van der Waals surface area contributed by atoms with Crippen LogP contribution in [0.4, 0.5) is 5.82 Å². The summed E-state index contributed by atoms with van der Waals surface area (Å²) in [5.41, 5.74) is 1.01. The zero-order valence-electron chi connectivity index (χ0n) is 11.3. The summed E-state index contributed by atoms with van der Waals surface area (Å²) in [4.78, 5) is 17.5. The molecule has 1 aromatic heterocycles. The van der Waals surface area contributed by atoms with E-state index in [1.54, 1.807) is 30.8 Å². The molecule has 0 aromatic carbocycles. The molecule has 0 aliphatic rings. The maximum absolute atomic E-state index is 11.4. The predicted molar refractivity (Wildman–Crippen MR) is 77.9 cm³/mol. The van der Waals surface area contributed by atoms with E-state index >= 15 is 0 Å². The van der Waals surface area contributed by atoms with Crippen molar-refractivity contribution in [3.63, 3.8) is 0 Å². The summed E-state index contributed by atoms with van der Waals surface area (Å²) in [6.07, 6.45) is 1.08. The van der Waals surface area contributed by atoms with Gasteiger partial charge < -0.3 is 10.2 Å². The minimum absolute atomic E-state index is 0.139. The highest BCUT2D eigenvalue weighted by Gasteiger charge is 2.04. The lowest BCUT2D eigenvalue weighted by molar-refractivity contribution is -0.125. The largest absolute Gasteiger partial charge is 0.370 e. The molecule has 5 heteroatoms. The second-order valence-corrected chi connectivity index (χ2v) is 5.21. The number of thioether (sulfide) groups is 1. The second-order valence-electron chi connectivity index (χ2n) is 4.22. The van der Waals surface area contributed by atoms with Crippen LogP contribution in [0.15, 0.2) is 18.2 Å². The van der Waals surface area contributed by atoms with Gasteiger partial charge in [0.25, 0.3) is 0 Å². The number of carbonyl (C=O) groups excluding carboxylic acids is 1. The van der Waals surface area contributed by atoms with Gasteiger partial charge in [0.15, 0.2) is 0 Å². The Bertz CT molecular complexity index is 382. The Morgan fingerprint density at radius 1 is 1.44 bits per heavy atom. The molecule has 0 aliphatic heterocycles. The van der Waals surface area contributed by atoms with Crippen LogP contribution in [0.3, 0.4) is 0 Å². The first kappa shape index (κ1) is 14.8. The second kappa shape index (κ2) is 7.97. The Kier molecular flexibility index (Phi) is 6.57. The number of anilines is 1. The monoisotopic (exact) mass is 267 g/mol. The molecule has 0 saturated carbocycles. The lowest BCUT2D eigenvalue weighted by Crippen LogP contribution is -2.23. The highest BCUT2D eigenvalue weighted by molar-refractivity contribution is 7.99. The Hall–Kier alpha value is -1.23. The van der Waals surface area contributed by atoms with Gasteiger partial charge in [0, 0.05) is 26.4 Å². The fourth-order valence-corrected chi connectivity index (χ4v) is 2.19. The topological polar surface area (TPSA) is 45.2 Å². The molecular formula is C13H21N3OS. The van der Waals surface area contributed by atoms with E-state index in [-0.39, 0.29) is 5.91 Å². The third-order valence-corrected chi connectivity index (χ3v) is 3.29. The Labute approximate surface area is 113 Å². The van der Waals surface area contributed by atoms with E-state index in [2.05, 4.69) is 17.2 Å². The van der Waals surface area contributed by atoms with Gasteiger partial charge >= 0.3 is 0 Å². The minimum Gasteiger partial charge on any atom is -0.370 e. The van der Waals surface area contributed by atoms with Gasteiger partial charge in [-0.15, -0.1) is 11.8 Å². The molecule has 1 rings (SSSR count). The van der Waals surface area contributed by atoms with Gasteiger partial charge in [0.05, 0.1) is 11.4 Å². The SMILES string of the molecule is CCCNc1cccc(CSCC(=O)N(C)C)n1. The quantitative estimate of drug-likeness (QED) is 0.823. The van der Waals surface area contributed by atoms with Crippen molar-refractivity contribution in [3.05, 3.63) is 23.9 Å². The van der Waals surface area contributed by atoms with Crippen LogP contribution in [0, 0.1) is 0 Å². The molecule has 1 N–H and O–H groups in total. The van der Waals surface area contributed by atoms with Gasteiger partial charge in [0.2, 0.25) is 5.91 Å². The summed E-state index contributed by atoms with van der Waals surface area (Å²) in [6.45, 7) is 3.06. The third-order valence-electron chi connectivity index (χ3n) is 2.34. The number of amides is 1. The zero-order valence-corrected chi connectivity index (χ0v) is 12.1. The number of pyridine rings is 1. The van der Waals surface area contributed by atoms with E-state index in [4.69, 9.17) is 0 Å². The molecule has 0 saturated heterocycles. The first-order chi connectivity index (χ1) is 8.63. The number of rotatable bonds is 7. The van der Waals surface area contributed by atoms with Gasteiger partial charge in [-0.25, -0.2) is 4.98 Å². The van der Waals surface area contributed by atoms with E-state index in [1.807, 2.05) is 18.2 Å². The van der Waals surface area contributed by atoms with Crippen LogP contribution < -0.4 is 5.32 Å². The van der Waals surface area contributed by atoms with E-state index in [9.17, 15) is 4.79 Å². The van der Waals surface area contributed by atoms with Crippen molar-refractivity contribution in [1.29, 1.82) is 0 Å². The highest BCUT2D eigenvalue weighted by atomic mass is 32.2. The van der Waals surface area contributed by atoms with Crippen molar-refractivity contribution >= 4 is 23.5 Å². The smallest absolute Gasteiger partial charge is 0.232 e. The van der Waals surface area contributed by atoms with E-state index in [0.29, 0.717) is 5.75 Å². The zero-order chi connectivity index (χ0) is 13.4. The number of carbonyl (C=O) groups is 1. The number of aromatic nitrogens is 1. The lowest BCUT2D eigenvalue weighted by atomic mass is 10.3. The average molecular weight is 267 g/mol. The maximum Gasteiger partial charge on any atom is 0.232 e. The van der Waals surface area contributed by atoms with Crippen molar-refractivity contribution in [1.82, 2.24) is 9.88 Å². The first-order valence-electron chi connectivity index (χ1n) is 6.11. The molecule has 0 spiro atoms. The number of hydrogen-bond donors (Lipinski definition) is 1. The van der Waals surface area contributed by atoms with Crippen LogP contribution in [0.25, 0.3) is 0 Å². The van der Waals surface area contributed by atoms with Gasteiger partial charge in [-0.1, -0.05) is 13.0 Å². The van der Waals surface area contributed by atoms with Gasteiger partial charge in [0.1, 0.15) is 5.82 Å². The van der Waals surface area contributed by atoms with Crippen molar-refractivity contribution in [2.75, 3.05) is 31.7 Å². The molecule has 0 fully saturated rings. The predicted octanol–water partition coefficient (Wildman–Crippen LogP) is 2.22. The van der Waals surface area contributed by atoms with E-state index < -0.39 is 0 Å². The molecule has 100 valence electrons. The molecule has 18 heavy (non-hydrogen) atoms. The van der Waals surface area contributed by atoms with Crippen LogP contribution in [0.5, 0.6) is 0 Å². The minimum atomic E-state index is 0.139. The van der Waals surface area contributed by atoms with Crippen molar-refractivity contribution in [2.45, 2.75) is 19.1 Å². The summed E-state index contributed by atoms with van der Waals surface area (Å²) in [6, 6.07) is 5.95. The summed E-state index contributed by atoms with van der Waals surface area (Å²) in [7, 11) is 3.55. The molecule has 0 aliphatic carbocycles. The molecule has 4 nitrogen and oxygen atoms in total. The molecule has 1 amide bonds. The van der Waals surface area contributed by atoms with Gasteiger partial charge in [-0.3, -0.25) is 4.79 Å². The van der Waals surface area contributed by atoms with Crippen LogP contribution in [-0.2, 0) is 10.5 Å². The summed E-state index contributed by atoms with van der Waals surface area (Å²) >= 11 is 1.59. The molecule has 1 heterocycles. The third kappa shape index (κ3) is 5.40. The average Bonchev–Trinajstić information content (AvgIpc) is 2.36. The Morgan fingerprint density at radius 2 is 2.22 bits per heavy atom. The Morgan fingerprint density at radius 3 is 2.89 bits per heavy atom. The molecule has 1 aromatic rings. The summed E-state index contributed by atoms with van der Waals surface area (Å²) < 4.78 is 0. The molecular weight excluding hydrogens is 246 g/mol. The Balaban J connectivity index is 2.40. The van der Waals surface area contributed by atoms with Crippen LogP contribution >= 0.6 is 11.8 Å². The number of hydrogen-bond acceptors (Lipinski definition) is 4. The molecule has 0 atom stereocenters. The van der Waals surface area contributed by atoms with Crippen molar-refractivity contribution in [2.24, 2.45) is 0 Å².